The Balaban J connectivity index is 2.63. The van der Waals surface area contributed by atoms with Crippen LogP contribution in [-0.2, 0) is 4.74 Å². The van der Waals surface area contributed by atoms with Crippen molar-refractivity contribution in [2.75, 3.05) is 6.61 Å². The molecule has 1 rings (SSSR count). The number of alkyl halides is 1. The summed E-state index contributed by atoms with van der Waals surface area (Å²) in [6, 6.07) is 0. The van der Waals surface area contributed by atoms with Crippen LogP contribution in [0.4, 0.5) is 4.39 Å². The van der Waals surface area contributed by atoms with Gasteiger partial charge in [-0.25, -0.2) is 4.39 Å². The summed E-state index contributed by atoms with van der Waals surface area (Å²) in [6.07, 6.45) is -8.24. The second-order valence-electron chi connectivity index (χ2n) is 2.67. The highest BCUT2D eigenvalue weighted by Gasteiger charge is 2.43. The first-order valence-electron chi connectivity index (χ1n) is 3.52. The summed E-state index contributed by atoms with van der Waals surface area (Å²) < 4.78 is 17.3. The van der Waals surface area contributed by atoms with E-state index >= 15 is 0 Å². The molecule has 72 valence electrons. The molecule has 1 fully saturated rings. The Bertz CT molecular complexity index is 150. The maximum Gasteiger partial charge on any atom is 0.184 e. The molecule has 0 saturated carbocycles. The molecule has 5 atom stereocenters. The van der Waals surface area contributed by atoms with Crippen molar-refractivity contribution in [3.63, 3.8) is 0 Å². The van der Waals surface area contributed by atoms with Gasteiger partial charge in [-0.2, -0.15) is 0 Å². The van der Waals surface area contributed by atoms with Crippen LogP contribution in [0.3, 0.4) is 0 Å². The van der Waals surface area contributed by atoms with Crippen LogP contribution in [0.15, 0.2) is 0 Å². The summed E-state index contributed by atoms with van der Waals surface area (Å²) in [6.45, 7) is -0.606. The van der Waals surface area contributed by atoms with E-state index in [9.17, 15) is 4.39 Å². The maximum absolute atomic E-state index is 12.8. The standard InChI is InChI=1S/C6H11FO5/c7-3-4(9)2(1-8)12-6(11)5(3)10/h2-6,8-11H,1H2/t2-,3-,4+,5+,6-/m0/s1. The van der Waals surface area contributed by atoms with Crippen LogP contribution >= 0.6 is 0 Å². The predicted octanol–water partition coefficient (Wildman–Crippen LogP) is -2.24. The minimum absolute atomic E-state index is 0.606. The molecule has 12 heavy (non-hydrogen) atoms. The smallest absolute Gasteiger partial charge is 0.184 e. The van der Waals surface area contributed by atoms with Gasteiger partial charge in [-0.15, -0.1) is 0 Å². The lowest BCUT2D eigenvalue weighted by atomic mass is 10.0. The first-order valence-corrected chi connectivity index (χ1v) is 3.52. The van der Waals surface area contributed by atoms with Crippen molar-refractivity contribution >= 4 is 0 Å². The zero-order chi connectivity index (χ0) is 9.30. The molecule has 0 aromatic rings. The zero-order valence-electron chi connectivity index (χ0n) is 6.17. The average Bonchev–Trinajstić information content (AvgIpc) is 2.08. The van der Waals surface area contributed by atoms with Gasteiger partial charge < -0.3 is 25.2 Å². The van der Waals surface area contributed by atoms with E-state index in [2.05, 4.69) is 4.74 Å². The van der Waals surface area contributed by atoms with Crippen molar-refractivity contribution < 1.29 is 29.6 Å². The van der Waals surface area contributed by atoms with E-state index in [-0.39, 0.29) is 0 Å². The Morgan fingerprint density at radius 1 is 1.17 bits per heavy atom. The van der Waals surface area contributed by atoms with E-state index < -0.39 is 37.4 Å². The van der Waals surface area contributed by atoms with Crippen LogP contribution in [-0.4, -0.2) is 57.8 Å². The highest BCUT2D eigenvalue weighted by atomic mass is 19.1. The SMILES string of the molecule is OC[C@@H]1O[C@H](O)[C@H](O)[C@@H](F)[C@@H]1O. The van der Waals surface area contributed by atoms with E-state index in [1.807, 2.05) is 0 Å². The fourth-order valence-corrected chi connectivity index (χ4v) is 1.06. The maximum atomic E-state index is 12.8. The van der Waals surface area contributed by atoms with Crippen LogP contribution in [0.5, 0.6) is 0 Å². The van der Waals surface area contributed by atoms with Gasteiger partial charge in [-0.1, -0.05) is 0 Å². The van der Waals surface area contributed by atoms with Crippen molar-refractivity contribution in [3.05, 3.63) is 0 Å². The molecular formula is C6H11FO5. The monoisotopic (exact) mass is 182 g/mol. The molecule has 0 aromatic carbocycles. The van der Waals surface area contributed by atoms with Gasteiger partial charge in [0.15, 0.2) is 12.5 Å². The van der Waals surface area contributed by atoms with Gasteiger partial charge in [0.25, 0.3) is 0 Å². The summed E-state index contributed by atoms with van der Waals surface area (Å²) in [4.78, 5) is 0. The summed E-state index contributed by atoms with van der Waals surface area (Å²) in [7, 11) is 0. The van der Waals surface area contributed by atoms with Crippen molar-refractivity contribution in [2.45, 2.75) is 30.8 Å². The Hall–Kier alpha value is -0.270. The molecule has 1 heterocycles. The summed E-state index contributed by atoms with van der Waals surface area (Å²) in [5, 5.41) is 35.2. The molecule has 5 nitrogen and oxygen atoms in total. The first kappa shape index (κ1) is 9.82. The molecule has 0 aliphatic carbocycles. The lowest BCUT2D eigenvalue weighted by Gasteiger charge is -2.36. The zero-order valence-corrected chi connectivity index (χ0v) is 6.17. The second-order valence-corrected chi connectivity index (χ2v) is 2.67. The first-order chi connectivity index (χ1) is 5.57. The van der Waals surface area contributed by atoms with Crippen LogP contribution < -0.4 is 0 Å². The largest absolute Gasteiger partial charge is 0.394 e. The van der Waals surface area contributed by atoms with E-state index in [1.165, 1.54) is 0 Å². The quantitative estimate of drug-likeness (QED) is 0.368. The van der Waals surface area contributed by atoms with Gasteiger partial charge in [-0.3, -0.25) is 0 Å². The third kappa shape index (κ3) is 1.57. The van der Waals surface area contributed by atoms with E-state index in [1.54, 1.807) is 0 Å². The van der Waals surface area contributed by atoms with Gasteiger partial charge in [0.05, 0.1) is 6.61 Å². The fraction of sp³-hybridized carbons (Fsp3) is 1.00. The molecule has 1 saturated heterocycles. The highest BCUT2D eigenvalue weighted by Crippen LogP contribution is 2.21. The molecule has 0 amide bonds. The molecule has 0 aromatic heterocycles. The lowest BCUT2D eigenvalue weighted by molar-refractivity contribution is -0.274. The number of hydrogen-bond donors (Lipinski definition) is 4. The minimum atomic E-state index is -1.99. The summed E-state index contributed by atoms with van der Waals surface area (Å²) in [5.41, 5.74) is 0. The fourth-order valence-electron chi connectivity index (χ4n) is 1.06. The number of hydrogen-bond acceptors (Lipinski definition) is 5. The van der Waals surface area contributed by atoms with Gasteiger partial charge in [0.1, 0.15) is 18.3 Å². The summed E-state index contributed by atoms with van der Waals surface area (Å²) in [5.74, 6) is 0. The Labute approximate surface area is 68.0 Å². The van der Waals surface area contributed by atoms with Crippen LogP contribution in [0.25, 0.3) is 0 Å². The second kappa shape index (κ2) is 3.63. The van der Waals surface area contributed by atoms with Gasteiger partial charge >= 0.3 is 0 Å². The number of halogens is 1. The molecule has 0 unspecified atom stereocenters. The lowest BCUT2D eigenvalue weighted by Crippen LogP contribution is -2.56. The topological polar surface area (TPSA) is 90.2 Å². The molecule has 4 N–H and O–H groups in total. The van der Waals surface area contributed by atoms with Crippen molar-refractivity contribution in [1.82, 2.24) is 0 Å². The number of aliphatic hydroxyl groups is 4. The molecule has 6 heteroatoms. The van der Waals surface area contributed by atoms with E-state index in [4.69, 9.17) is 20.4 Å². The third-order valence-corrected chi connectivity index (χ3v) is 1.82. The van der Waals surface area contributed by atoms with Crippen LogP contribution in [0, 0.1) is 0 Å². The average molecular weight is 182 g/mol. The highest BCUT2D eigenvalue weighted by molar-refractivity contribution is 4.88. The third-order valence-electron chi connectivity index (χ3n) is 1.82. The number of rotatable bonds is 1. The van der Waals surface area contributed by atoms with Gasteiger partial charge in [0, 0.05) is 0 Å². The van der Waals surface area contributed by atoms with Crippen molar-refractivity contribution in [1.29, 1.82) is 0 Å². The normalized spacial score (nSPS) is 49.2. The number of ether oxygens (including phenoxy) is 1. The summed E-state index contributed by atoms with van der Waals surface area (Å²) >= 11 is 0. The molecule has 0 spiro atoms. The molecule has 0 radical (unpaired) electrons. The Morgan fingerprint density at radius 2 is 1.75 bits per heavy atom. The van der Waals surface area contributed by atoms with Gasteiger partial charge in [-0.05, 0) is 0 Å². The van der Waals surface area contributed by atoms with Crippen molar-refractivity contribution in [2.24, 2.45) is 0 Å². The van der Waals surface area contributed by atoms with Crippen LogP contribution in [0.1, 0.15) is 0 Å². The molecule has 0 bridgehead atoms. The molecule has 1 aliphatic heterocycles. The number of aliphatic hydroxyl groups excluding tert-OH is 4. The van der Waals surface area contributed by atoms with E-state index in [0.29, 0.717) is 0 Å². The molecule has 1 aliphatic rings. The predicted molar refractivity (Wildman–Crippen MR) is 34.9 cm³/mol. The Morgan fingerprint density at radius 3 is 2.25 bits per heavy atom. The van der Waals surface area contributed by atoms with Crippen molar-refractivity contribution in [3.8, 4) is 0 Å². The molecular weight excluding hydrogens is 171 g/mol. The van der Waals surface area contributed by atoms with E-state index in [0.717, 1.165) is 0 Å². The minimum Gasteiger partial charge on any atom is -0.394 e. The van der Waals surface area contributed by atoms with Gasteiger partial charge in [0.2, 0.25) is 0 Å². The Kier molecular flexibility index (Phi) is 2.97. The van der Waals surface area contributed by atoms with Crippen LogP contribution in [0.2, 0.25) is 0 Å².